The van der Waals surface area contributed by atoms with Crippen molar-refractivity contribution in [3.63, 3.8) is 0 Å². The van der Waals surface area contributed by atoms with E-state index in [0.29, 0.717) is 11.5 Å². The van der Waals surface area contributed by atoms with Crippen LogP contribution < -0.4 is 14.4 Å². The molecule has 2 aromatic rings. The van der Waals surface area contributed by atoms with Crippen molar-refractivity contribution in [2.24, 2.45) is 0 Å². The minimum absolute atomic E-state index is 0.675. The fourth-order valence-electron chi connectivity index (χ4n) is 1.82. The summed E-state index contributed by atoms with van der Waals surface area (Å²) >= 11 is 0. The molecule has 0 N–H and O–H groups in total. The average molecular weight is 247 g/mol. The van der Waals surface area contributed by atoms with Crippen molar-refractivity contribution < 1.29 is 9.47 Å². The highest BCUT2D eigenvalue weighted by Gasteiger charge is 2.12. The quantitative estimate of drug-likeness (QED) is 0.828. The summed E-state index contributed by atoms with van der Waals surface area (Å²) in [6.45, 7) is 2.95. The van der Waals surface area contributed by atoms with E-state index in [1.54, 1.807) is 20.5 Å². The maximum atomic E-state index is 5.31. The van der Waals surface area contributed by atoms with Crippen LogP contribution in [0.25, 0.3) is 10.9 Å². The fourth-order valence-corrected chi connectivity index (χ4v) is 1.82. The monoisotopic (exact) mass is 247 g/mol. The number of nitrogens with zero attached hydrogens (tertiary/aromatic N) is 3. The van der Waals surface area contributed by atoms with Crippen LogP contribution in [0.2, 0.25) is 0 Å². The Kier molecular flexibility index (Phi) is 3.50. The topological polar surface area (TPSA) is 47.5 Å². The molecule has 0 unspecified atom stereocenters. The van der Waals surface area contributed by atoms with Gasteiger partial charge in [0.1, 0.15) is 12.1 Å². The van der Waals surface area contributed by atoms with Crippen LogP contribution in [0.1, 0.15) is 6.92 Å². The molecule has 0 aliphatic heterocycles. The molecule has 0 radical (unpaired) electrons. The summed E-state index contributed by atoms with van der Waals surface area (Å²) in [6.07, 6.45) is 1.57. The number of hydrogen-bond donors (Lipinski definition) is 0. The van der Waals surface area contributed by atoms with Gasteiger partial charge in [0, 0.05) is 25.0 Å². The molecule has 0 bridgehead atoms. The molecule has 96 valence electrons. The van der Waals surface area contributed by atoms with E-state index >= 15 is 0 Å². The summed E-state index contributed by atoms with van der Waals surface area (Å²) in [5.41, 5.74) is 0.845. The Labute approximate surface area is 106 Å². The van der Waals surface area contributed by atoms with Crippen molar-refractivity contribution in [1.29, 1.82) is 0 Å². The fraction of sp³-hybridized carbons (Fsp3) is 0.385. The van der Waals surface area contributed by atoms with Gasteiger partial charge in [-0.05, 0) is 13.0 Å². The zero-order chi connectivity index (χ0) is 13.1. The summed E-state index contributed by atoms with van der Waals surface area (Å²) in [5, 5.41) is 0.958. The largest absolute Gasteiger partial charge is 0.493 e. The van der Waals surface area contributed by atoms with Crippen LogP contribution in [-0.4, -0.2) is 37.8 Å². The Bertz CT molecular complexity index is 557. The summed E-state index contributed by atoms with van der Waals surface area (Å²) in [4.78, 5) is 10.7. The Morgan fingerprint density at radius 2 is 1.78 bits per heavy atom. The molecular formula is C13H17N3O2. The van der Waals surface area contributed by atoms with Crippen LogP contribution in [0.5, 0.6) is 11.5 Å². The third-order valence-electron chi connectivity index (χ3n) is 2.96. The Morgan fingerprint density at radius 1 is 1.11 bits per heavy atom. The first-order valence-electron chi connectivity index (χ1n) is 5.79. The van der Waals surface area contributed by atoms with E-state index in [1.807, 2.05) is 19.2 Å². The van der Waals surface area contributed by atoms with Gasteiger partial charge in [-0.3, -0.25) is 0 Å². The predicted molar refractivity (Wildman–Crippen MR) is 71.6 cm³/mol. The van der Waals surface area contributed by atoms with Crippen LogP contribution >= 0.6 is 0 Å². The molecule has 0 amide bonds. The van der Waals surface area contributed by atoms with Crippen LogP contribution in [-0.2, 0) is 0 Å². The molecule has 5 nitrogen and oxygen atoms in total. The average Bonchev–Trinajstić information content (AvgIpc) is 2.44. The van der Waals surface area contributed by atoms with Crippen molar-refractivity contribution in [2.75, 3.05) is 32.7 Å². The first-order valence-corrected chi connectivity index (χ1v) is 5.79. The number of aromatic nitrogens is 2. The highest BCUT2D eigenvalue weighted by atomic mass is 16.5. The first kappa shape index (κ1) is 12.4. The molecule has 0 aliphatic carbocycles. The number of anilines is 1. The summed E-state index contributed by atoms with van der Waals surface area (Å²) in [5.74, 6) is 2.25. The Hall–Kier alpha value is -2.04. The molecule has 0 saturated heterocycles. The number of methoxy groups -OCH3 is 2. The van der Waals surface area contributed by atoms with Gasteiger partial charge >= 0.3 is 0 Å². The van der Waals surface area contributed by atoms with Gasteiger partial charge in [0.2, 0.25) is 0 Å². The highest BCUT2D eigenvalue weighted by molar-refractivity contribution is 5.91. The van der Waals surface area contributed by atoms with Crippen molar-refractivity contribution in [1.82, 2.24) is 9.97 Å². The lowest BCUT2D eigenvalue weighted by Gasteiger charge is -2.18. The van der Waals surface area contributed by atoms with Gasteiger partial charge in [0.25, 0.3) is 0 Å². The van der Waals surface area contributed by atoms with Gasteiger partial charge in [0.15, 0.2) is 11.5 Å². The van der Waals surface area contributed by atoms with Gasteiger partial charge in [-0.25, -0.2) is 9.97 Å². The van der Waals surface area contributed by atoms with E-state index in [1.165, 1.54) is 0 Å². The zero-order valence-electron chi connectivity index (χ0n) is 11.1. The molecule has 18 heavy (non-hydrogen) atoms. The van der Waals surface area contributed by atoms with E-state index < -0.39 is 0 Å². The van der Waals surface area contributed by atoms with E-state index in [4.69, 9.17) is 9.47 Å². The normalized spacial score (nSPS) is 10.4. The van der Waals surface area contributed by atoms with Crippen molar-refractivity contribution in [2.45, 2.75) is 6.92 Å². The number of hydrogen-bond acceptors (Lipinski definition) is 5. The second kappa shape index (κ2) is 5.08. The van der Waals surface area contributed by atoms with Crippen LogP contribution in [0.3, 0.4) is 0 Å². The first-order chi connectivity index (χ1) is 8.71. The van der Waals surface area contributed by atoms with Gasteiger partial charge in [0.05, 0.1) is 19.7 Å². The van der Waals surface area contributed by atoms with E-state index in [-0.39, 0.29) is 0 Å². The summed E-state index contributed by atoms with van der Waals surface area (Å²) in [7, 11) is 5.24. The van der Waals surface area contributed by atoms with Gasteiger partial charge in [-0.15, -0.1) is 0 Å². The molecule has 0 saturated carbocycles. The SMILES string of the molecule is CCN(C)c1ncnc2cc(OC)c(OC)cc12. The van der Waals surface area contributed by atoms with Gasteiger partial charge < -0.3 is 14.4 Å². The Balaban J connectivity index is 2.68. The zero-order valence-corrected chi connectivity index (χ0v) is 11.1. The molecule has 1 aromatic carbocycles. The van der Waals surface area contributed by atoms with Crippen molar-refractivity contribution in [3.05, 3.63) is 18.5 Å². The Morgan fingerprint density at radius 3 is 2.39 bits per heavy atom. The van der Waals surface area contributed by atoms with E-state index in [9.17, 15) is 0 Å². The molecule has 2 rings (SSSR count). The minimum Gasteiger partial charge on any atom is -0.493 e. The second-order valence-electron chi connectivity index (χ2n) is 3.94. The molecule has 0 aliphatic rings. The van der Waals surface area contributed by atoms with Crippen molar-refractivity contribution >= 4 is 16.7 Å². The third kappa shape index (κ3) is 2.03. The van der Waals surface area contributed by atoms with Gasteiger partial charge in [-0.1, -0.05) is 0 Å². The third-order valence-corrected chi connectivity index (χ3v) is 2.96. The summed E-state index contributed by atoms with van der Waals surface area (Å²) < 4.78 is 10.6. The van der Waals surface area contributed by atoms with Crippen LogP contribution in [0, 0.1) is 0 Å². The molecule has 5 heteroatoms. The number of benzene rings is 1. The standard InChI is InChI=1S/C13H17N3O2/c1-5-16(2)13-9-6-11(17-3)12(18-4)7-10(9)14-8-15-13/h6-8H,5H2,1-4H3. The smallest absolute Gasteiger partial charge is 0.162 e. The molecule has 0 fully saturated rings. The number of ether oxygens (including phenoxy) is 2. The van der Waals surface area contributed by atoms with Crippen LogP contribution in [0.15, 0.2) is 18.5 Å². The molecule has 0 spiro atoms. The van der Waals surface area contributed by atoms with E-state index in [0.717, 1.165) is 23.3 Å². The molecule has 1 heterocycles. The molecule has 0 atom stereocenters. The summed E-state index contributed by atoms with van der Waals surface area (Å²) in [6, 6.07) is 3.78. The molecular weight excluding hydrogens is 230 g/mol. The maximum Gasteiger partial charge on any atom is 0.162 e. The highest BCUT2D eigenvalue weighted by Crippen LogP contribution is 2.34. The molecule has 1 aromatic heterocycles. The lowest BCUT2D eigenvalue weighted by atomic mass is 10.2. The van der Waals surface area contributed by atoms with Crippen molar-refractivity contribution in [3.8, 4) is 11.5 Å². The minimum atomic E-state index is 0.675. The van der Waals surface area contributed by atoms with Crippen LogP contribution in [0.4, 0.5) is 5.82 Å². The van der Waals surface area contributed by atoms with E-state index in [2.05, 4.69) is 21.8 Å². The number of fused-ring (bicyclic) bond motifs is 1. The lowest BCUT2D eigenvalue weighted by Crippen LogP contribution is -2.17. The maximum absolute atomic E-state index is 5.31. The number of rotatable bonds is 4. The predicted octanol–water partition coefficient (Wildman–Crippen LogP) is 2.10. The lowest BCUT2D eigenvalue weighted by molar-refractivity contribution is 0.356. The van der Waals surface area contributed by atoms with Gasteiger partial charge in [-0.2, -0.15) is 0 Å². The second-order valence-corrected chi connectivity index (χ2v) is 3.94.